The van der Waals surface area contributed by atoms with Gasteiger partial charge in [0.1, 0.15) is 19.0 Å². The zero-order valence-corrected chi connectivity index (χ0v) is 13.3. The fraction of sp³-hybridized carbons (Fsp3) is 0.188. The highest BCUT2D eigenvalue weighted by Gasteiger charge is 2.16. The Morgan fingerprint density at radius 3 is 2.52 bits per heavy atom. The minimum atomic E-state index is -3.88. The predicted octanol–water partition coefficient (Wildman–Crippen LogP) is 2.16. The Kier molecular flexibility index (Phi) is 5.46. The molecule has 0 aromatic heterocycles. The first-order chi connectivity index (χ1) is 10.9. The van der Waals surface area contributed by atoms with E-state index in [-0.39, 0.29) is 11.5 Å². The summed E-state index contributed by atoms with van der Waals surface area (Å²) in [6.45, 7) is 1.49. The van der Waals surface area contributed by atoms with E-state index < -0.39 is 28.4 Å². The zero-order valence-electron chi connectivity index (χ0n) is 12.5. The van der Waals surface area contributed by atoms with Crippen molar-refractivity contribution in [1.82, 2.24) is 4.72 Å². The highest BCUT2D eigenvalue weighted by atomic mass is 32.2. The lowest BCUT2D eigenvalue weighted by atomic mass is 10.1. The standard InChI is InChI=1S/C16H16FNO4S/c1-12-3-2-4-13(9-12)11-22-16(19)10-18-23(20,21)15-7-5-14(17)6-8-15/h2-9,18H,10-11H2,1H3. The van der Waals surface area contributed by atoms with Crippen molar-refractivity contribution in [3.8, 4) is 0 Å². The van der Waals surface area contributed by atoms with Crippen molar-refractivity contribution < 1.29 is 22.3 Å². The lowest BCUT2D eigenvalue weighted by Gasteiger charge is -2.08. The second-order valence-electron chi connectivity index (χ2n) is 4.93. The van der Waals surface area contributed by atoms with Crippen LogP contribution in [-0.4, -0.2) is 20.9 Å². The smallest absolute Gasteiger partial charge is 0.321 e. The summed E-state index contributed by atoms with van der Waals surface area (Å²) >= 11 is 0. The number of esters is 1. The monoisotopic (exact) mass is 337 g/mol. The van der Waals surface area contributed by atoms with E-state index in [1.54, 1.807) is 0 Å². The van der Waals surface area contributed by atoms with E-state index in [0.717, 1.165) is 35.4 Å². The van der Waals surface area contributed by atoms with Gasteiger partial charge in [-0.3, -0.25) is 4.79 Å². The average molecular weight is 337 g/mol. The number of sulfonamides is 1. The Bertz CT molecular complexity index is 788. The van der Waals surface area contributed by atoms with Crippen LogP contribution in [0.2, 0.25) is 0 Å². The molecule has 0 spiro atoms. The molecule has 0 atom stereocenters. The summed E-state index contributed by atoms with van der Waals surface area (Å²) in [7, 11) is -3.88. The van der Waals surface area contributed by atoms with Gasteiger partial charge in [0.15, 0.2) is 0 Å². The molecule has 5 nitrogen and oxygen atoms in total. The van der Waals surface area contributed by atoms with E-state index in [0.29, 0.717) is 0 Å². The molecule has 23 heavy (non-hydrogen) atoms. The molecule has 0 saturated heterocycles. The van der Waals surface area contributed by atoms with Gasteiger partial charge < -0.3 is 4.74 Å². The highest BCUT2D eigenvalue weighted by molar-refractivity contribution is 7.89. The summed E-state index contributed by atoms with van der Waals surface area (Å²) in [6, 6.07) is 11.7. The number of carbonyl (C=O) groups is 1. The fourth-order valence-electron chi connectivity index (χ4n) is 1.87. The van der Waals surface area contributed by atoms with Gasteiger partial charge in [0.2, 0.25) is 10.0 Å². The second-order valence-corrected chi connectivity index (χ2v) is 6.70. The van der Waals surface area contributed by atoms with Gasteiger partial charge in [0.05, 0.1) is 4.90 Å². The topological polar surface area (TPSA) is 72.5 Å². The molecule has 0 aliphatic rings. The van der Waals surface area contributed by atoms with Crippen LogP contribution in [0.5, 0.6) is 0 Å². The summed E-state index contributed by atoms with van der Waals surface area (Å²) in [5.74, 6) is -1.24. The molecule has 1 N–H and O–H groups in total. The van der Waals surface area contributed by atoms with Crippen LogP contribution in [0.4, 0.5) is 4.39 Å². The van der Waals surface area contributed by atoms with E-state index in [1.807, 2.05) is 31.2 Å². The van der Waals surface area contributed by atoms with Crippen molar-refractivity contribution in [1.29, 1.82) is 0 Å². The third-order valence-corrected chi connectivity index (χ3v) is 4.43. The molecule has 0 aliphatic carbocycles. The molecule has 7 heteroatoms. The number of halogens is 1. The number of rotatable bonds is 6. The summed E-state index contributed by atoms with van der Waals surface area (Å²) in [4.78, 5) is 11.5. The Balaban J connectivity index is 1.87. The number of carbonyl (C=O) groups excluding carboxylic acids is 1. The van der Waals surface area contributed by atoms with Crippen molar-refractivity contribution in [2.75, 3.05) is 6.54 Å². The van der Waals surface area contributed by atoms with Crippen molar-refractivity contribution in [3.63, 3.8) is 0 Å². The van der Waals surface area contributed by atoms with Crippen molar-refractivity contribution >= 4 is 16.0 Å². The summed E-state index contributed by atoms with van der Waals surface area (Å²) in [5, 5.41) is 0. The van der Waals surface area contributed by atoms with Gasteiger partial charge in [-0.15, -0.1) is 0 Å². The first-order valence-corrected chi connectivity index (χ1v) is 8.31. The molecule has 0 aliphatic heterocycles. The van der Waals surface area contributed by atoms with Crippen LogP contribution in [-0.2, 0) is 26.2 Å². The average Bonchev–Trinajstić information content (AvgIpc) is 2.51. The molecule has 2 rings (SSSR count). The molecule has 0 radical (unpaired) electrons. The Hall–Kier alpha value is -2.25. The maximum atomic E-state index is 12.8. The van der Waals surface area contributed by atoms with Crippen LogP contribution in [0.15, 0.2) is 53.4 Å². The highest BCUT2D eigenvalue weighted by Crippen LogP contribution is 2.09. The first kappa shape index (κ1) is 17.1. The van der Waals surface area contributed by atoms with Crippen LogP contribution in [0.3, 0.4) is 0 Å². The summed E-state index contributed by atoms with van der Waals surface area (Å²) in [5.41, 5.74) is 1.86. The van der Waals surface area contributed by atoms with Gasteiger partial charge in [-0.25, -0.2) is 12.8 Å². The van der Waals surface area contributed by atoms with Crippen LogP contribution in [0, 0.1) is 12.7 Å². The maximum Gasteiger partial charge on any atom is 0.321 e. The second kappa shape index (κ2) is 7.34. The largest absolute Gasteiger partial charge is 0.460 e. The van der Waals surface area contributed by atoms with E-state index in [2.05, 4.69) is 4.72 Å². The van der Waals surface area contributed by atoms with Crippen LogP contribution >= 0.6 is 0 Å². The third kappa shape index (κ3) is 5.15. The number of aryl methyl sites for hydroxylation is 1. The molecule has 0 unspecified atom stereocenters. The molecule has 0 saturated carbocycles. The van der Waals surface area contributed by atoms with Crippen molar-refractivity contribution in [3.05, 3.63) is 65.5 Å². The summed E-state index contributed by atoms with van der Waals surface area (Å²) < 4.78 is 43.8. The molecule has 2 aromatic rings. The molecule has 0 bridgehead atoms. The Morgan fingerprint density at radius 1 is 1.17 bits per heavy atom. The Labute approximate surface area is 134 Å². The number of nitrogens with one attached hydrogen (secondary N) is 1. The third-order valence-electron chi connectivity index (χ3n) is 3.01. The van der Waals surface area contributed by atoms with Crippen molar-refractivity contribution in [2.45, 2.75) is 18.4 Å². The van der Waals surface area contributed by atoms with Gasteiger partial charge in [-0.05, 0) is 36.8 Å². The van der Waals surface area contributed by atoms with E-state index in [4.69, 9.17) is 4.74 Å². The SMILES string of the molecule is Cc1cccc(COC(=O)CNS(=O)(=O)c2ccc(F)cc2)c1. The van der Waals surface area contributed by atoms with Gasteiger partial charge in [0, 0.05) is 0 Å². The molecule has 0 fully saturated rings. The van der Waals surface area contributed by atoms with E-state index in [9.17, 15) is 17.6 Å². The molecule has 0 amide bonds. The summed E-state index contributed by atoms with van der Waals surface area (Å²) in [6.07, 6.45) is 0. The number of hydrogen-bond donors (Lipinski definition) is 1. The predicted molar refractivity (Wildman–Crippen MR) is 82.6 cm³/mol. The quantitative estimate of drug-likeness (QED) is 0.820. The molecule has 2 aromatic carbocycles. The minimum absolute atomic E-state index is 0.0682. The van der Waals surface area contributed by atoms with Crippen LogP contribution in [0.25, 0.3) is 0 Å². The number of ether oxygens (including phenoxy) is 1. The first-order valence-electron chi connectivity index (χ1n) is 6.83. The van der Waals surface area contributed by atoms with Gasteiger partial charge in [0.25, 0.3) is 0 Å². The van der Waals surface area contributed by atoms with Crippen LogP contribution < -0.4 is 4.72 Å². The van der Waals surface area contributed by atoms with E-state index >= 15 is 0 Å². The van der Waals surface area contributed by atoms with Crippen molar-refractivity contribution in [2.24, 2.45) is 0 Å². The number of hydrogen-bond acceptors (Lipinski definition) is 4. The van der Waals surface area contributed by atoms with E-state index in [1.165, 1.54) is 0 Å². The maximum absolute atomic E-state index is 12.8. The number of benzene rings is 2. The van der Waals surface area contributed by atoms with Crippen LogP contribution in [0.1, 0.15) is 11.1 Å². The van der Waals surface area contributed by atoms with Gasteiger partial charge in [-0.2, -0.15) is 4.72 Å². The fourth-order valence-corrected chi connectivity index (χ4v) is 2.84. The lowest BCUT2D eigenvalue weighted by molar-refractivity contribution is -0.143. The van der Waals surface area contributed by atoms with Gasteiger partial charge in [-0.1, -0.05) is 29.8 Å². The zero-order chi connectivity index (χ0) is 16.9. The van der Waals surface area contributed by atoms with Gasteiger partial charge >= 0.3 is 5.97 Å². The lowest BCUT2D eigenvalue weighted by Crippen LogP contribution is -2.30. The Morgan fingerprint density at radius 2 is 1.87 bits per heavy atom. The molecule has 0 heterocycles. The molecular formula is C16H16FNO4S. The minimum Gasteiger partial charge on any atom is -0.460 e. The molecule has 122 valence electrons. The normalized spacial score (nSPS) is 11.2. The molecular weight excluding hydrogens is 321 g/mol.